The molecule has 0 saturated carbocycles. The average molecular weight is 553 g/mol. The first kappa shape index (κ1) is 24.9. The van der Waals surface area contributed by atoms with Crippen LogP contribution in [0.3, 0.4) is 0 Å². The molecule has 13 heteroatoms. The highest BCUT2D eigenvalue weighted by molar-refractivity contribution is 9.10. The number of benzene rings is 2. The van der Waals surface area contributed by atoms with E-state index in [1.54, 1.807) is 29.6 Å². The minimum Gasteiger partial charge on any atom is -0.383 e. The van der Waals surface area contributed by atoms with Crippen LogP contribution in [0, 0.1) is 0 Å². The molecule has 3 aromatic rings. The molecular formula is C21H16BrF3N6O2S. The maximum absolute atomic E-state index is 12.3. The van der Waals surface area contributed by atoms with Crippen LogP contribution in [0.25, 0.3) is 0 Å². The SMILES string of the molecule is NC(=NC=Nc1ccc(NC(F)(F)F)cc1)c1ccc(/C=N/OC(=O)Nc2cscc2Br)cc1. The van der Waals surface area contributed by atoms with Crippen LogP contribution in [0.5, 0.6) is 0 Å². The fourth-order valence-electron chi connectivity index (χ4n) is 2.41. The quantitative estimate of drug-likeness (QED) is 0.108. The number of alkyl halides is 3. The molecule has 0 aliphatic heterocycles. The van der Waals surface area contributed by atoms with Gasteiger partial charge in [0, 0.05) is 22.0 Å². The first-order valence-corrected chi connectivity index (χ1v) is 11.1. The van der Waals surface area contributed by atoms with Crippen LogP contribution in [-0.4, -0.2) is 30.8 Å². The lowest BCUT2D eigenvalue weighted by Crippen LogP contribution is -2.20. The molecule has 0 spiro atoms. The Hall–Kier alpha value is -3.71. The van der Waals surface area contributed by atoms with Crippen molar-refractivity contribution in [3.05, 3.63) is 74.9 Å². The molecule has 8 nitrogen and oxygen atoms in total. The van der Waals surface area contributed by atoms with Crippen LogP contribution in [-0.2, 0) is 4.84 Å². The van der Waals surface area contributed by atoms with Crippen molar-refractivity contribution in [3.63, 3.8) is 0 Å². The molecular weight excluding hydrogens is 537 g/mol. The van der Waals surface area contributed by atoms with E-state index in [2.05, 4.69) is 36.4 Å². The Bertz CT molecular complexity index is 1210. The van der Waals surface area contributed by atoms with E-state index < -0.39 is 12.4 Å². The summed E-state index contributed by atoms with van der Waals surface area (Å²) < 4.78 is 37.6. The summed E-state index contributed by atoms with van der Waals surface area (Å²) in [7, 11) is 0. The molecule has 1 aromatic heterocycles. The Balaban J connectivity index is 1.51. The molecule has 3 rings (SSSR count). The van der Waals surface area contributed by atoms with Gasteiger partial charge in [0.05, 0.1) is 22.1 Å². The van der Waals surface area contributed by atoms with E-state index in [1.165, 1.54) is 53.5 Å². The third-order valence-corrected chi connectivity index (χ3v) is 5.65. The van der Waals surface area contributed by atoms with Gasteiger partial charge < -0.3 is 5.73 Å². The number of oxime groups is 1. The Morgan fingerprint density at radius 3 is 2.41 bits per heavy atom. The highest BCUT2D eigenvalue weighted by Gasteiger charge is 2.26. The molecule has 0 radical (unpaired) electrons. The van der Waals surface area contributed by atoms with Gasteiger partial charge in [-0.15, -0.1) is 11.3 Å². The van der Waals surface area contributed by atoms with Crippen LogP contribution in [0.1, 0.15) is 11.1 Å². The second-order valence-corrected chi connectivity index (χ2v) is 8.02. The molecule has 0 saturated heterocycles. The molecule has 0 aliphatic rings. The van der Waals surface area contributed by atoms with Gasteiger partial charge in [-0.25, -0.2) is 14.8 Å². The second-order valence-electron chi connectivity index (χ2n) is 6.42. The van der Waals surface area contributed by atoms with Crippen molar-refractivity contribution in [1.82, 2.24) is 0 Å². The molecule has 1 amide bonds. The number of nitrogens with two attached hydrogens (primary N) is 1. The van der Waals surface area contributed by atoms with Gasteiger partial charge in [-0.3, -0.25) is 15.5 Å². The van der Waals surface area contributed by atoms with E-state index in [0.29, 0.717) is 22.5 Å². The topological polar surface area (TPSA) is 113 Å². The molecule has 0 aliphatic carbocycles. The van der Waals surface area contributed by atoms with Gasteiger partial charge in [-0.1, -0.05) is 29.4 Å². The number of halogens is 4. The summed E-state index contributed by atoms with van der Waals surface area (Å²) in [6.07, 6.45) is -2.67. The number of thiophene rings is 1. The van der Waals surface area contributed by atoms with Gasteiger partial charge in [0.2, 0.25) is 0 Å². The second kappa shape index (κ2) is 11.4. The number of nitrogens with one attached hydrogen (secondary N) is 2. The van der Waals surface area contributed by atoms with E-state index in [-0.39, 0.29) is 11.5 Å². The summed E-state index contributed by atoms with van der Waals surface area (Å²) in [6.45, 7) is 0. The summed E-state index contributed by atoms with van der Waals surface area (Å²) in [6, 6.07) is 12.1. The summed E-state index contributed by atoms with van der Waals surface area (Å²) in [4.78, 5) is 24.5. The average Bonchev–Trinajstić information content (AvgIpc) is 3.18. The zero-order valence-electron chi connectivity index (χ0n) is 17.1. The molecule has 2 aromatic carbocycles. The Morgan fingerprint density at radius 2 is 1.79 bits per heavy atom. The van der Waals surface area contributed by atoms with Crippen molar-refractivity contribution >= 4 is 68.8 Å². The lowest BCUT2D eigenvalue weighted by molar-refractivity contribution is -0.0999. The van der Waals surface area contributed by atoms with Crippen molar-refractivity contribution in [2.75, 3.05) is 10.6 Å². The van der Waals surface area contributed by atoms with E-state index in [0.717, 1.165) is 4.47 Å². The maximum Gasteiger partial charge on any atom is 0.482 e. The summed E-state index contributed by atoms with van der Waals surface area (Å²) in [5, 5.41) is 11.1. The molecule has 0 atom stereocenters. The highest BCUT2D eigenvalue weighted by Crippen LogP contribution is 2.26. The number of aliphatic imine (C=N–C) groups is 2. The minimum atomic E-state index is -4.51. The minimum absolute atomic E-state index is 0.0975. The number of hydrogen-bond donors (Lipinski definition) is 3. The Labute approximate surface area is 204 Å². The number of anilines is 2. The van der Waals surface area contributed by atoms with Gasteiger partial charge in [0.1, 0.15) is 12.2 Å². The highest BCUT2D eigenvalue weighted by atomic mass is 79.9. The molecule has 176 valence electrons. The van der Waals surface area contributed by atoms with Crippen molar-refractivity contribution in [2.24, 2.45) is 20.9 Å². The van der Waals surface area contributed by atoms with E-state index in [1.807, 2.05) is 5.38 Å². The normalized spacial score (nSPS) is 12.3. The van der Waals surface area contributed by atoms with Crippen LogP contribution < -0.4 is 16.4 Å². The van der Waals surface area contributed by atoms with Crippen LogP contribution >= 0.6 is 27.3 Å². The van der Waals surface area contributed by atoms with E-state index in [9.17, 15) is 18.0 Å². The third kappa shape index (κ3) is 8.01. The van der Waals surface area contributed by atoms with Crippen LogP contribution in [0.4, 0.5) is 35.0 Å². The van der Waals surface area contributed by atoms with Gasteiger partial charge in [-0.2, -0.15) is 13.2 Å². The molecule has 4 N–H and O–H groups in total. The number of rotatable bonds is 7. The number of nitrogens with zero attached hydrogens (tertiary/aromatic N) is 3. The predicted molar refractivity (Wildman–Crippen MR) is 131 cm³/mol. The zero-order valence-corrected chi connectivity index (χ0v) is 19.5. The lowest BCUT2D eigenvalue weighted by atomic mass is 10.1. The van der Waals surface area contributed by atoms with E-state index >= 15 is 0 Å². The predicted octanol–water partition coefficient (Wildman–Crippen LogP) is 6.09. The number of hydrogen-bond acceptors (Lipinski definition) is 6. The van der Waals surface area contributed by atoms with Crippen molar-refractivity contribution in [1.29, 1.82) is 0 Å². The maximum atomic E-state index is 12.3. The summed E-state index contributed by atoms with van der Waals surface area (Å²) in [5.41, 5.74) is 8.09. The lowest BCUT2D eigenvalue weighted by Gasteiger charge is -2.09. The molecule has 34 heavy (non-hydrogen) atoms. The fraction of sp³-hybridized carbons (Fsp3) is 0.0476. The van der Waals surface area contributed by atoms with Crippen molar-refractivity contribution in [3.8, 4) is 0 Å². The number of carbonyl (C=O) groups is 1. The van der Waals surface area contributed by atoms with Crippen LogP contribution in [0.2, 0.25) is 0 Å². The molecule has 0 bridgehead atoms. The van der Waals surface area contributed by atoms with Crippen LogP contribution in [0.15, 0.2) is 78.9 Å². The van der Waals surface area contributed by atoms with Crippen molar-refractivity contribution < 1.29 is 22.8 Å². The summed E-state index contributed by atoms with van der Waals surface area (Å²) >= 11 is 4.71. The van der Waals surface area contributed by atoms with Gasteiger partial charge >= 0.3 is 12.4 Å². The molecule has 0 fully saturated rings. The molecule has 1 heterocycles. The summed E-state index contributed by atoms with van der Waals surface area (Å²) in [5.74, 6) is 0.180. The zero-order chi connectivity index (χ0) is 24.6. The monoisotopic (exact) mass is 552 g/mol. The standard InChI is InChI=1S/C21H16BrF3N6O2S/c22-17-10-34-11-18(17)30-20(32)33-29-9-13-1-3-14(4-2-13)19(26)28-12-27-15-5-7-16(8-6-15)31-21(23,24)25/h1-12,31H,(H,30,32)(H2,26,27,28)/b29-9+. The molecule has 0 unspecified atom stereocenters. The van der Waals surface area contributed by atoms with Gasteiger partial charge in [-0.05, 0) is 45.8 Å². The number of amides is 1. The van der Waals surface area contributed by atoms with E-state index in [4.69, 9.17) is 10.6 Å². The Morgan fingerprint density at radius 1 is 1.09 bits per heavy atom. The fourth-order valence-corrected chi connectivity index (χ4v) is 3.73. The van der Waals surface area contributed by atoms with Crippen molar-refractivity contribution in [2.45, 2.75) is 6.30 Å². The van der Waals surface area contributed by atoms with Gasteiger partial charge in [0.15, 0.2) is 0 Å². The largest absolute Gasteiger partial charge is 0.482 e. The third-order valence-electron chi connectivity index (χ3n) is 3.95. The smallest absolute Gasteiger partial charge is 0.383 e. The van der Waals surface area contributed by atoms with Gasteiger partial charge in [0.25, 0.3) is 0 Å². The number of carbonyl (C=O) groups excluding carboxylic acids is 1. The first-order valence-electron chi connectivity index (χ1n) is 9.34. The number of amidine groups is 1. The Kier molecular flexibility index (Phi) is 8.38. The first-order chi connectivity index (χ1) is 16.2.